The highest BCUT2D eigenvalue weighted by molar-refractivity contribution is 6.07. The van der Waals surface area contributed by atoms with Crippen LogP contribution in [0, 0.1) is 17.7 Å². The van der Waals surface area contributed by atoms with E-state index in [0.29, 0.717) is 102 Å². The van der Waals surface area contributed by atoms with Crippen LogP contribution >= 0.6 is 0 Å². The first-order chi connectivity index (χ1) is 39.0. The molecule has 4 aromatic rings. The number of nitrogens with one attached hydrogen (secondary N) is 2. The number of aliphatic hydroxyl groups is 1. The van der Waals surface area contributed by atoms with Crippen molar-refractivity contribution < 1.29 is 61.9 Å². The number of unbranched alkanes of at least 4 members (excludes halogenated alkanes) is 2. The van der Waals surface area contributed by atoms with Gasteiger partial charge < -0.3 is 54.1 Å². The second-order valence-corrected chi connectivity index (χ2v) is 20.8. The molecule has 5 aliphatic heterocycles. The first kappa shape index (κ1) is 57.0. The zero-order valence-corrected chi connectivity index (χ0v) is 46.1. The third kappa shape index (κ3) is 12.9. The fourth-order valence-corrected chi connectivity index (χ4v) is 10.3. The van der Waals surface area contributed by atoms with Crippen LogP contribution in [0.3, 0.4) is 0 Å². The number of fused-ring (bicyclic) bond motifs is 4. The molecule has 4 aromatic carbocycles. The zero-order valence-electron chi connectivity index (χ0n) is 46.1. The molecule has 0 radical (unpaired) electrons. The largest absolute Gasteiger partial charge is 0.494 e. The van der Waals surface area contributed by atoms with Crippen molar-refractivity contribution in [1.82, 2.24) is 20.0 Å². The average molecular weight is 1110 g/mol. The van der Waals surface area contributed by atoms with Crippen LogP contribution < -0.4 is 34.3 Å². The van der Waals surface area contributed by atoms with Gasteiger partial charge in [-0.15, -0.1) is 0 Å². The minimum atomic E-state index is -0.914. The van der Waals surface area contributed by atoms with Crippen molar-refractivity contribution in [3.63, 3.8) is 0 Å². The summed E-state index contributed by atoms with van der Waals surface area (Å²) in [6.45, 7) is 6.20. The summed E-state index contributed by atoms with van der Waals surface area (Å²) in [5.41, 5.74) is 5.27. The summed E-state index contributed by atoms with van der Waals surface area (Å²) >= 11 is 0. The van der Waals surface area contributed by atoms with Gasteiger partial charge in [-0.05, 0) is 83.5 Å². The molecule has 5 atom stereocenters. The summed E-state index contributed by atoms with van der Waals surface area (Å²) in [6, 6.07) is 17.1. The molecule has 19 nitrogen and oxygen atoms in total. The number of ketones is 1. The van der Waals surface area contributed by atoms with Crippen molar-refractivity contribution in [2.45, 2.75) is 96.5 Å². The zero-order chi connectivity index (χ0) is 57.5. The number of methoxy groups -OCH3 is 3. The number of halogens is 1. The lowest BCUT2D eigenvalue weighted by Gasteiger charge is -2.23. The highest BCUT2D eigenvalue weighted by Gasteiger charge is 2.36. The number of aliphatic hydroxyl groups excluding tert-OH is 1. The quantitative estimate of drug-likeness (QED) is 0.0561. The standard InChI is InChI=1S/C61H66FN7O12/c1-35(2)58(66-55(71)11-8-7-9-20-67-56(72)18-19-57(67)73)49(70)23-36(3)59(74)65-41-15-12-37(13-16-41)39-24-42-31-63-47-29-53(51(78-5)27-44(47)60(75)68(42)33-39)80-21-10-22-81-54-30-48-45(28-52(54)79-6)61(76)69-34-40(25-43(69)32-64-48)38-14-17-50(77-4)46(62)26-38/h12-19,26-36,42-43,56,58,72H,7-11,20-25H2,1-6H3,(H,65,74)(H,66,71)/t36-,42+,43+,56?,58+/m1/s1. The molecule has 5 heterocycles. The molecule has 1 unspecified atom stereocenters. The molecular formula is C61H66FN7O12. The predicted molar refractivity (Wildman–Crippen MR) is 302 cm³/mol. The number of rotatable bonds is 24. The van der Waals surface area contributed by atoms with Crippen LogP contribution in [0.1, 0.15) is 104 Å². The topological polar surface area (TPSA) is 227 Å². The number of aliphatic imine (C=N–C) groups is 2. The molecule has 0 saturated carbocycles. The van der Waals surface area contributed by atoms with Gasteiger partial charge in [-0.1, -0.05) is 45.4 Å². The molecule has 81 heavy (non-hydrogen) atoms. The number of carbonyl (C=O) groups excluding carboxylic acids is 6. The Balaban J connectivity index is 0.741. The lowest BCUT2D eigenvalue weighted by molar-refractivity contribution is -0.131. The normalized spacial score (nSPS) is 18.5. The Hall–Kier alpha value is -8.65. The number of nitrogens with zero attached hydrogens (tertiary/aromatic N) is 5. The Morgan fingerprint density at radius 3 is 1.80 bits per heavy atom. The van der Waals surface area contributed by atoms with Gasteiger partial charge in [0.2, 0.25) is 17.7 Å². The van der Waals surface area contributed by atoms with Crippen molar-refractivity contribution in [3.05, 3.63) is 119 Å². The summed E-state index contributed by atoms with van der Waals surface area (Å²) in [5.74, 6) is -1.32. The number of hydrogen-bond donors (Lipinski definition) is 3. The van der Waals surface area contributed by atoms with E-state index < -0.39 is 24.0 Å². The van der Waals surface area contributed by atoms with Gasteiger partial charge in [0.05, 0.1) is 75.2 Å². The molecule has 0 bridgehead atoms. The van der Waals surface area contributed by atoms with E-state index in [2.05, 4.69) is 15.6 Å². The van der Waals surface area contributed by atoms with Gasteiger partial charge in [-0.3, -0.25) is 38.8 Å². The van der Waals surface area contributed by atoms with Crippen molar-refractivity contribution in [1.29, 1.82) is 0 Å². The van der Waals surface area contributed by atoms with E-state index in [4.69, 9.17) is 28.7 Å². The van der Waals surface area contributed by atoms with E-state index in [9.17, 15) is 38.3 Å². The molecule has 0 aliphatic carbocycles. The monoisotopic (exact) mass is 1110 g/mol. The van der Waals surface area contributed by atoms with E-state index in [1.807, 2.05) is 32.2 Å². The molecule has 3 N–H and O–H groups in total. The minimum absolute atomic E-state index is 0.0656. The fourth-order valence-electron chi connectivity index (χ4n) is 10.3. The summed E-state index contributed by atoms with van der Waals surface area (Å²) in [7, 11) is 4.39. The van der Waals surface area contributed by atoms with Gasteiger partial charge in [-0.2, -0.15) is 0 Å². The highest BCUT2D eigenvalue weighted by atomic mass is 19.1. The van der Waals surface area contributed by atoms with Crippen molar-refractivity contribution in [3.8, 4) is 28.7 Å². The number of hydrogen-bond acceptors (Lipinski definition) is 14. The molecule has 0 saturated heterocycles. The van der Waals surface area contributed by atoms with Crippen molar-refractivity contribution in [2.24, 2.45) is 21.8 Å². The van der Waals surface area contributed by atoms with Gasteiger partial charge in [0, 0.05) is 93.3 Å². The average Bonchev–Trinajstić information content (AvgIpc) is 4.21. The summed E-state index contributed by atoms with van der Waals surface area (Å²) in [4.78, 5) is 93.3. The Morgan fingerprint density at radius 2 is 1.27 bits per heavy atom. The number of anilines is 1. The van der Waals surface area contributed by atoms with Crippen molar-refractivity contribution >= 4 is 76.0 Å². The first-order valence-corrected chi connectivity index (χ1v) is 27.1. The highest BCUT2D eigenvalue weighted by Crippen LogP contribution is 2.42. The summed E-state index contributed by atoms with van der Waals surface area (Å²) in [6.07, 6.45) is 12.3. The first-order valence-electron chi connectivity index (χ1n) is 27.1. The number of ether oxygens (including phenoxy) is 5. The van der Waals surface area contributed by atoms with Gasteiger partial charge in [-0.25, -0.2) is 4.39 Å². The van der Waals surface area contributed by atoms with Crippen LogP contribution in [0.5, 0.6) is 28.7 Å². The molecule has 20 heteroatoms. The Bertz CT molecular complexity index is 3260. The molecule has 0 fully saturated rings. The molecule has 0 aromatic heterocycles. The van der Waals surface area contributed by atoms with Gasteiger partial charge >= 0.3 is 0 Å². The maximum absolute atomic E-state index is 14.5. The van der Waals surface area contributed by atoms with Gasteiger partial charge in [0.1, 0.15) is 6.23 Å². The molecule has 5 amide bonds. The van der Waals surface area contributed by atoms with Gasteiger partial charge in [0.15, 0.2) is 40.3 Å². The molecule has 0 spiro atoms. The van der Waals surface area contributed by atoms with E-state index in [-0.39, 0.29) is 85.1 Å². The maximum atomic E-state index is 14.5. The Labute approximate surface area is 469 Å². The van der Waals surface area contributed by atoms with E-state index in [1.54, 1.807) is 83.9 Å². The lowest BCUT2D eigenvalue weighted by atomic mass is 9.92. The third-order valence-corrected chi connectivity index (χ3v) is 14.9. The van der Waals surface area contributed by atoms with Crippen LogP contribution in [0.25, 0.3) is 11.1 Å². The Kier molecular flexibility index (Phi) is 17.8. The number of Topliss-reactive ketones (excluding diaryl/α,β-unsaturated/α-hetero) is 1. The lowest BCUT2D eigenvalue weighted by Crippen LogP contribution is -2.45. The smallest absolute Gasteiger partial charge is 0.260 e. The number of benzene rings is 4. The predicted octanol–water partition coefficient (Wildman–Crippen LogP) is 8.59. The van der Waals surface area contributed by atoms with Crippen molar-refractivity contribution in [2.75, 3.05) is 46.4 Å². The molecular weight excluding hydrogens is 1040 g/mol. The molecule has 9 rings (SSSR count). The second-order valence-electron chi connectivity index (χ2n) is 20.8. The van der Waals surface area contributed by atoms with E-state index >= 15 is 0 Å². The second kappa shape index (κ2) is 25.2. The van der Waals surface area contributed by atoms with Gasteiger partial charge in [0.25, 0.3) is 11.8 Å². The minimum Gasteiger partial charge on any atom is -0.494 e. The molecule has 5 aliphatic rings. The SMILES string of the molecule is COc1ccc(C2=CN3C(=O)c4cc(OC)c(OCCCOc5cc6c(cc5OC)C(=O)N5C=C(c7ccc(NC(=O)[C@H](C)CC(=O)[C@@H](NC(=O)CCCCCN8C(=O)C=CC8O)C(C)C)cc7)C[C@H]5C=N6)cc4N=C[C@@H]3C2)cc1F. The fraction of sp³-hybridized carbons (Fsp3) is 0.377. The van der Waals surface area contributed by atoms with Crippen LogP contribution in [0.2, 0.25) is 0 Å². The van der Waals surface area contributed by atoms with Crippen LogP contribution in [-0.2, 0) is 19.2 Å². The van der Waals surface area contributed by atoms with Crippen LogP contribution in [-0.4, -0.2) is 133 Å². The maximum Gasteiger partial charge on any atom is 0.260 e. The molecule has 424 valence electrons. The third-order valence-electron chi connectivity index (χ3n) is 14.9. The van der Waals surface area contributed by atoms with Crippen LogP contribution in [0.4, 0.5) is 21.5 Å². The van der Waals surface area contributed by atoms with Crippen LogP contribution in [0.15, 0.2) is 101 Å². The Morgan fingerprint density at radius 1 is 0.704 bits per heavy atom. The van der Waals surface area contributed by atoms with E-state index in [0.717, 1.165) is 16.7 Å². The summed E-state index contributed by atoms with van der Waals surface area (Å²) in [5, 5.41) is 15.6. The van der Waals surface area contributed by atoms with E-state index in [1.165, 1.54) is 44.4 Å². The number of carbonyl (C=O) groups is 6. The summed E-state index contributed by atoms with van der Waals surface area (Å²) < 4.78 is 43.2. The number of amides is 5.